The number of aliphatic hydroxyl groups excluding tert-OH is 1. The average molecular weight is 491 g/mol. The number of carbonyl (C=O) groups is 2. The minimum atomic E-state index is -0.775. The predicted octanol–water partition coefficient (Wildman–Crippen LogP) is 5.16. The predicted molar refractivity (Wildman–Crippen MR) is 131 cm³/mol. The van der Waals surface area contributed by atoms with Gasteiger partial charge in [-0.05, 0) is 55.9 Å². The zero-order valence-electron chi connectivity index (χ0n) is 19.0. The van der Waals surface area contributed by atoms with Crippen LogP contribution in [0.5, 0.6) is 5.75 Å². The van der Waals surface area contributed by atoms with Gasteiger partial charge in [0.15, 0.2) is 0 Å². The van der Waals surface area contributed by atoms with Crippen LogP contribution in [0.15, 0.2) is 48.0 Å². The monoisotopic (exact) mass is 490 g/mol. The molecular formula is C25H28Cl2N2O4. The van der Waals surface area contributed by atoms with Crippen molar-refractivity contribution in [3.63, 3.8) is 0 Å². The summed E-state index contributed by atoms with van der Waals surface area (Å²) in [5.74, 6) is -1.10. The minimum absolute atomic E-state index is 0.0227. The SMILES string of the molecule is CCN(CC)CCCN1C(=O)C(=O)/C(=C(/O)c2cccc(OC)c2)C1c1ccc(Cl)c(Cl)c1. The molecule has 8 heteroatoms. The number of Topliss-reactive ketones (excluding diaryl/α,β-unsaturated/α-hetero) is 1. The van der Waals surface area contributed by atoms with Crippen LogP contribution in [-0.2, 0) is 9.59 Å². The zero-order valence-corrected chi connectivity index (χ0v) is 20.5. The zero-order chi connectivity index (χ0) is 24.1. The van der Waals surface area contributed by atoms with E-state index in [1.807, 2.05) is 0 Å². The Balaban J connectivity index is 2.07. The highest BCUT2D eigenvalue weighted by atomic mass is 35.5. The Labute approximate surface area is 204 Å². The number of benzene rings is 2. The van der Waals surface area contributed by atoms with Gasteiger partial charge >= 0.3 is 0 Å². The number of ether oxygens (including phenoxy) is 1. The fraction of sp³-hybridized carbons (Fsp3) is 0.360. The molecular weight excluding hydrogens is 463 g/mol. The van der Waals surface area contributed by atoms with Crippen LogP contribution >= 0.6 is 23.2 Å². The molecule has 0 saturated carbocycles. The highest BCUT2D eigenvalue weighted by molar-refractivity contribution is 6.46. The number of ketones is 1. The summed E-state index contributed by atoms with van der Waals surface area (Å²) in [5.41, 5.74) is 1.02. The summed E-state index contributed by atoms with van der Waals surface area (Å²) in [6, 6.07) is 10.9. The third kappa shape index (κ3) is 5.35. The van der Waals surface area contributed by atoms with Crippen molar-refractivity contribution in [1.29, 1.82) is 0 Å². The van der Waals surface area contributed by atoms with E-state index < -0.39 is 17.7 Å². The van der Waals surface area contributed by atoms with Crippen LogP contribution < -0.4 is 4.74 Å². The maximum Gasteiger partial charge on any atom is 0.295 e. The van der Waals surface area contributed by atoms with Crippen molar-refractivity contribution >= 4 is 40.7 Å². The summed E-state index contributed by atoms with van der Waals surface area (Å²) < 4.78 is 5.24. The molecule has 2 aromatic rings. The second kappa shape index (κ2) is 11.1. The van der Waals surface area contributed by atoms with Crippen LogP contribution in [0.3, 0.4) is 0 Å². The lowest BCUT2D eigenvalue weighted by molar-refractivity contribution is -0.140. The first kappa shape index (κ1) is 25.1. The number of hydrogen-bond acceptors (Lipinski definition) is 5. The van der Waals surface area contributed by atoms with Crippen LogP contribution in [0.2, 0.25) is 10.0 Å². The van der Waals surface area contributed by atoms with Gasteiger partial charge in [-0.2, -0.15) is 0 Å². The Morgan fingerprint density at radius 2 is 1.82 bits per heavy atom. The summed E-state index contributed by atoms with van der Waals surface area (Å²) in [6.45, 7) is 7.13. The molecule has 1 atom stereocenters. The van der Waals surface area contributed by atoms with E-state index in [2.05, 4.69) is 18.7 Å². The molecule has 0 aliphatic carbocycles. The van der Waals surface area contributed by atoms with Gasteiger partial charge in [0.25, 0.3) is 11.7 Å². The van der Waals surface area contributed by atoms with E-state index in [0.717, 1.165) is 19.6 Å². The van der Waals surface area contributed by atoms with Gasteiger partial charge in [-0.1, -0.05) is 55.2 Å². The molecule has 176 valence electrons. The van der Waals surface area contributed by atoms with Crippen molar-refractivity contribution < 1.29 is 19.4 Å². The van der Waals surface area contributed by atoms with Crippen LogP contribution in [0.4, 0.5) is 0 Å². The summed E-state index contributed by atoms with van der Waals surface area (Å²) in [6.07, 6.45) is 0.686. The molecule has 0 radical (unpaired) electrons. The number of hydrogen-bond donors (Lipinski definition) is 1. The molecule has 0 aromatic heterocycles. The molecule has 3 rings (SSSR count). The number of carbonyl (C=O) groups excluding carboxylic acids is 2. The van der Waals surface area contributed by atoms with Gasteiger partial charge in [0.2, 0.25) is 0 Å². The lowest BCUT2D eigenvalue weighted by Crippen LogP contribution is -2.33. The number of rotatable bonds is 9. The molecule has 0 bridgehead atoms. The fourth-order valence-electron chi connectivity index (χ4n) is 4.07. The molecule has 1 N–H and O–H groups in total. The molecule has 1 aliphatic rings. The lowest BCUT2D eigenvalue weighted by Gasteiger charge is -2.27. The summed E-state index contributed by atoms with van der Waals surface area (Å²) >= 11 is 12.4. The molecule has 6 nitrogen and oxygen atoms in total. The summed E-state index contributed by atoms with van der Waals surface area (Å²) in [7, 11) is 1.52. The summed E-state index contributed by atoms with van der Waals surface area (Å²) in [5, 5.41) is 11.8. The molecule has 1 unspecified atom stereocenters. The maximum absolute atomic E-state index is 13.1. The van der Waals surface area contributed by atoms with Gasteiger partial charge in [-0.15, -0.1) is 0 Å². The van der Waals surface area contributed by atoms with Crippen LogP contribution in [0.1, 0.15) is 37.4 Å². The Bertz CT molecular complexity index is 1070. The third-order valence-corrected chi connectivity index (χ3v) is 6.65. The van der Waals surface area contributed by atoms with Gasteiger partial charge in [0.05, 0.1) is 28.8 Å². The van der Waals surface area contributed by atoms with Crippen molar-refractivity contribution in [2.45, 2.75) is 26.3 Å². The number of aliphatic hydroxyl groups is 1. The first-order valence-electron chi connectivity index (χ1n) is 10.9. The van der Waals surface area contributed by atoms with Crippen molar-refractivity contribution in [3.05, 3.63) is 69.2 Å². The van der Waals surface area contributed by atoms with E-state index in [1.165, 1.54) is 12.0 Å². The molecule has 1 heterocycles. The Morgan fingerprint density at radius 3 is 2.45 bits per heavy atom. The number of halogens is 2. The van der Waals surface area contributed by atoms with Crippen molar-refractivity contribution in [2.24, 2.45) is 0 Å². The molecule has 1 fully saturated rings. The van der Waals surface area contributed by atoms with Crippen LogP contribution in [0.25, 0.3) is 5.76 Å². The number of amides is 1. The highest BCUT2D eigenvalue weighted by Crippen LogP contribution is 2.41. The van der Waals surface area contributed by atoms with E-state index in [4.69, 9.17) is 27.9 Å². The normalized spacial score (nSPS) is 17.8. The Morgan fingerprint density at radius 1 is 1.09 bits per heavy atom. The number of methoxy groups -OCH3 is 1. The van der Waals surface area contributed by atoms with Crippen LogP contribution in [-0.4, -0.2) is 59.9 Å². The molecule has 1 amide bonds. The number of nitrogens with zero attached hydrogens (tertiary/aromatic N) is 2. The van der Waals surface area contributed by atoms with Gasteiger partial charge in [0.1, 0.15) is 11.5 Å². The van der Waals surface area contributed by atoms with E-state index in [0.29, 0.717) is 39.9 Å². The average Bonchev–Trinajstić information content (AvgIpc) is 3.08. The van der Waals surface area contributed by atoms with Gasteiger partial charge in [0, 0.05) is 12.1 Å². The third-order valence-electron chi connectivity index (χ3n) is 5.91. The van der Waals surface area contributed by atoms with Gasteiger partial charge < -0.3 is 19.6 Å². The first-order valence-corrected chi connectivity index (χ1v) is 11.7. The Kier molecular flexibility index (Phi) is 8.40. The van der Waals surface area contributed by atoms with Gasteiger partial charge in [-0.25, -0.2) is 0 Å². The Hall–Kier alpha value is -2.54. The van der Waals surface area contributed by atoms with E-state index in [9.17, 15) is 14.7 Å². The maximum atomic E-state index is 13.1. The largest absolute Gasteiger partial charge is 0.507 e. The molecule has 1 aliphatic heterocycles. The second-order valence-corrected chi connectivity index (χ2v) is 8.59. The molecule has 1 saturated heterocycles. The lowest BCUT2D eigenvalue weighted by atomic mass is 9.95. The molecule has 2 aromatic carbocycles. The van der Waals surface area contributed by atoms with Crippen molar-refractivity contribution in [2.75, 3.05) is 33.3 Å². The topological polar surface area (TPSA) is 70.1 Å². The van der Waals surface area contributed by atoms with E-state index in [-0.39, 0.29) is 11.3 Å². The van der Waals surface area contributed by atoms with Crippen LogP contribution in [0, 0.1) is 0 Å². The van der Waals surface area contributed by atoms with E-state index in [1.54, 1.807) is 42.5 Å². The first-order chi connectivity index (χ1) is 15.8. The highest BCUT2D eigenvalue weighted by Gasteiger charge is 2.46. The van der Waals surface area contributed by atoms with Crippen molar-refractivity contribution in [3.8, 4) is 5.75 Å². The van der Waals surface area contributed by atoms with E-state index >= 15 is 0 Å². The number of likely N-dealkylation sites (tertiary alicyclic amines) is 1. The smallest absolute Gasteiger partial charge is 0.295 e. The quantitative estimate of drug-likeness (QED) is 0.298. The summed E-state index contributed by atoms with van der Waals surface area (Å²) in [4.78, 5) is 29.9. The fourth-order valence-corrected chi connectivity index (χ4v) is 4.38. The molecule has 33 heavy (non-hydrogen) atoms. The van der Waals surface area contributed by atoms with Gasteiger partial charge in [-0.3, -0.25) is 9.59 Å². The standard InChI is InChI=1S/C25H28Cl2N2O4/c1-4-28(5-2)12-7-13-29-22(16-10-11-19(26)20(27)15-16)21(24(31)25(29)32)23(30)17-8-6-9-18(14-17)33-3/h6,8-11,14-15,22,30H,4-5,7,12-13H2,1-3H3/b23-21+. The second-order valence-electron chi connectivity index (χ2n) is 7.78. The van der Waals surface area contributed by atoms with Crippen molar-refractivity contribution in [1.82, 2.24) is 9.80 Å². The minimum Gasteiger partial charge on any atom is -0.507 e. The molecule has 0 spiro atoms.